The summed E-state index contributed by atoms with van der Waals surface area (Å²) in [5.74, 6) is 0. The predicted octanol–water partition coefficient (Wildman–Crippen LogP) is 2.56. The topological polar surface area (TPSA) is 29.3 Å². The molecule has 1 atom stereocenters. The van der Waals surface area contributed by atoms with E-state index in [1.807, 2.05) is 0 Å². The largest absolute Gasteiger partial charge is 0.393 e. The highest BCUT2D eigenvalue weighted by molar-refractivity contribution is 7.80. The van der Waals surface area contributed by atoms with Gasteiger partial charge in [-0.25, -0.2) is 0 Å². The summed E-state index contributed by atoms with van der Waals surface area (Å²) in [7, 11) is 2.22. The van der Waals surface area contributed by atoms with Crippen molar-refractivity contribution in [2.75, 3.05) is 13.6 Å². The first-order chi connectivity index (χ1) is 6.99. The molecule has 3 heteroatoms. The fourth-order valence-electron chi connectivity index (χ4n) is 2.26. The summed E-state index contributed by atoms with van der Waals surface area (Å²) in [6.07, 6.45) is 6.07. The summed E-state index contributed by atoms with van der Waals surface area (Å²) in [6, 6.07) is 0.679. The molecule has 2 N–H and O–H groups in total. The van der Waals surface area contributed by atoms with Gasteiger partial charge in [-0.05, 0) is 38.6 Å². The first-order valence-corrected chi connectivity index (χ1v) is 6.38. The van der Waals surface area contributed by atoms with E-state index in [2.05, 4.69) is 25.8 Å². The Morgan fingerprint density at radius 2 is 2.13 bits per heavy atom. The second-order valence-electron chi connectivity index (χ2n) is 5.20. The minimum absolute atomic E-state index is 0.433. The van der Waals surface area contributed by atoms with Crippen LogP contribution in [-0.4, -0.2) is 29.5 Å². The van der Waals surface area contributed by atoms with Crippen molar-refractivity contribution < 1.29 is 0 Å². The van der Waals surface area contributed by atoms with E-state index in [4.69, 9.17) is 18.0 Å². The Bertz CT molecular complexity index is 224. The number of rotatable bonds is 7. The smallest absolute Gasteiger partial charge is 0.0733 e. The molecule has 0 spiro atoms. The Kier molecular flexibility index (Phi) is 4.53. The van der Waals surface area contributed by atoms with Gasteiger partial charge in [0, 0.05) is 19.0 Å². The van der Waals surface area contributed by atoms with Crippen LogP contribution < -0.4 is 5.73 Å². The molecule has 0 aromatic heterocycles. The van der Waals surface area contributed by atoms with Gasteiger partial charge >= 0.3 is 0 Å². The molecule has 0 bridgehead atoms. The third-order valence-electron chi connectivity index (χ3n) is 3.55. The number of hydrogen-bond donors (Lipinski definition) is 1. The number of hydrogen-bond acceptors (Lipinski definition) is 2. The average molecular weight is 228 g/mol. The van der Waals surface area contributed by atoms with Crippen LogP contribution in [0, 0.1) is 5.41 Å². The maximum absolute atomic E-state index is 5.64. The van der Waals surface area contributed by atoms with E-state index in [9.17, 15) is 0 Å². The third kappa shape index (κ3) is 4.07. The van der Waals surface area contributed by atoms with Crippen LogP contribution in [0.4, 0.5) is 0 Å². The minimum atomic E-state index is 0.433. The van der Waals surface area contributed by atoms with Crippen molar-refractivity contribution >= 4 is 17.2 Å². The molecule has 1 unspecified atom stereocenters. The molecule has 1 aliphatic rings. The van der Waals surface area contributed by atoms with Gasteiger partial charge < -0.3 is 10.6 Å². The van der Waals surface area contributed by atoms with Crippen LogP contribution in [0.2, 0.25) is 0 Å². The quantitative estimate of drug-likeness (QED) is 0.679. The molecule has 1 rings (SSSR count). The summed E-state index contributed by atoms with van der Waals surface area (Å²) in [5, 5.41) is 0. The van der Waals surface area contributed by atoms with Gasteiger partial charge in [0.2, 0.25) is 0 Å². The van der Waals surface area contributed by atoms with Gasteiger partial charge in [-0.15, -0.1) is 0 Å². The van der Waals surface area contributed by atoms with E-state index in [1.165, 1.54) is 25.7 Å². The standard InChI is InChI=1S/C12H24N2S/c1-4-5-10(2)14(3)9-12(6-7-12)8-11(13)15/h10H,4-9H2,1-3H3,(H2,13,15). The lowest BCUT2D eigenvalue weighted by Gasteiger charge is -2.28. The lowest BCUT2D eigenvalue weighted by atomic mass is 10.0. The van der Waals surface area contributed by atoms with Gasteiger partial charge in [0.15, 0.2) is 0 Å². The zero-order valence-electron chi connectivity index (χ0n) is 10.3. The molecule has 1 saturated carbocycles. The molecular weight excluding hydrogens is 204 g/mol. The van der Waals surface area contributed by atoms with Gasteiger partial charge in [-0.1, -0.05) is 25.6 Å². The van der Waals surface area contributed by atoms with Crippen molar-refractivity contribution in [1.29, 1.82) is 0 Å². The van der Waals surface area contributed by atoms with Gasteiger partial charge in [0.1, 0.15) is 0 Å². The van der Waals surface area contributed by atoms with E-state index in [0.717, 1.165) is 13.0 Å². The maximum Gasteiger partial charge on any atom is 0.0733 e. The molecule has 0 aromatic carbocycles. The molecule has 1 fully saturated rings. The van der Waals surface area contributed by atoms with E-state index < -0.39 is 0 Å². The Hall–Kier alpha value is -0.150. The first kappa shape index (κ1) is 12.9. The van der Waals surface area contributed by atoms with Crippen molar-refractivity contribution in [2.45, 2.75) is 52.0 Å². The van der Waals surface area contributed by atoms with Crippen LogP contribution in [0.15, 0.2) is 0 Å². The molecule has 0 amide bonds. The Labute approximate surface area is 99.2 Å². The SMILES string of the molecule is CCCC(C)N(C)CC1(CC(N)=S)CC1. The molecule has 0 radical (unpaired) electrons. The molecule has 0 aliphatic heterocycles. The summed E-state index contributed by atoms with van der Waals surface area (Å²) < 4.78 is 0. The fourth-order valence-corrected chi connectivity index (χ4v) is 2.57. The Morgan fingerprint density at radius 1 is 1.53 bits per heavy atom. The predicted molar refractivity (Wildman–Crippen MR) is 70.1 cm³/mol. The van der Waals surface area contributed by atoms with Crippen LogP contribution in [0.5, 0.6) is 0 Å². The highest BCUT2D eigenvalue weighted by Crippen LogP contribution is 2.49. The second-order valence-corrected chi connectivity index (χ2v) is 5.72. The molecule has 0 saturated heterocycles. The molecule has 0 heterocycles. The number of nitrogens with zero attached hydrogens (tertiary/aromatic N) is 1. The molecule has 0 aromatic rings. The summed E-state index contributed by atoms with van der Waals surface area (Å²) in [5.41, 5.74) is 6.08. The van der Waals surface area contributed by atoms with Crippen molar-refractivity contribution in [1.82, 2.24) is 4.90 Å². The van der Waals surface area contributed by atoms with Gasteiger partial charge in [-0.3, -0.25) is 0 Å². The normalized spacial score (nSPS) is 20.3. The summed E-state index contributed by atoms with van der Waals surface area (Å²) in [6.45, 7) is 5.71. The van der Waals surface area contributed by atoms with E-state index in [0.29, 0.717) is 16.4 Å². The molecule has 15 heavy (non-hydrogen) atoms. The fraction of sp³-hybridized carbons (Fsp3) is 0.917. The zero-order chi connectivity index (χ0) is 11.5. The molecular formula is C12H24N2S. The van der Waals surface area contributed by atoms with Gasteiger partial charge in [0.25, 0.3) is 0 Å². The molecule has 88 valence electrons. The third-order valence-corrected chi connectivity index (χ3v) is 3.69. The van der Waals surface area contributed by atoms with Crippen LogP contribution in [0.25, 0.3) is 0 Å². The van der Waals surface area contributed by atoms with Crippen LogP contribution in [-0.2, 0) is 0 Å². The molecule has 1 aliphatic carbocycles. The van der Waals surface area contributed by atoms with Gasteiger partial charge in [-0.2, -0.15) is 0 Å². The van der Waals surface area contributed by atoms with Gasteiger partial charge in [0.05, 0.1) is 4.99 Å². The second kappa shape index (κ2) is 5.26. The van der Waals surface area contributed by atoms with Crippen LogP contribution in [0.3, 0.4) is 0 Å². The number of thiocarbonyl (C=S) groups is 1. The summed E-state index contributed by atoms with van der Waals surface area (Å²) >= 11 is 5.01. The van der Waals surface area contributed by atoms with Crippen molar-refractivity contribution in [3.63, 3.8) is 0 Å². The molecule has 2 nitrogen and oxygen atoms in total. The lowest BCUT2D eigenvalue weighted by Crippen LogP contribution is -2.35. The maximum atomic E-state index is 5.64. The van der Waals surface area contributed by atoms with Crippen molar-refractivity contribution in [3.8, 4) is 0 Å². The van der Waals surface area contributed by atoms with Crippen LogP contribution in [0.1, 0.15) is 46.0 Å². The average Bonchev–Trinajstić information content (AvgIpc) is 2.83. The lowest BCUT2D eigenvalue weighted by molar-refractivity contribution is 0.201. The van der Waals surface area contributed by atoms with E-state index in [1.54, 1.807) is 0 Å². The highest BCUT2D eigenvalue weighted by atomic mass is 32.1. The Balaban J connectivity index is 2.36. The summed E-state index contributed by atoms with van der Waals surface area (Å²) in [4.78, 5) is 3.15. The Morgan fingerprint density at radius 3 is 2.53 bits per heavy atom. The number of nitrogens with two attached hydrogens (primary N) is 1. The minimum Gasteiger partial charge on any atom is -0.393 e. The monoisotopic (exact) mass is 228 g/mol. The highest BCUT2D eigenvalue weighted by Gasteiger charge is 2.43. The van der Waals surface area contributed by atoms with Crippen molar-refractivity contribution in [3.05, 3.63) is 0 Å². The van der Waals surface area contributed by atoms with E-state index in [-0.39, 0.29) is 0 Å². The van der Waals surface area contributed by atoms with Crippen LogP contribution >= 0.6 is 12.2 Å². The van der Waals surface area contributed by atoms with E-state index >= 15 is 0 Å². The first-order valence-electron chi connectivity index (χ1n) is 5.97. The zero-order valence-corrected chi connectivity index (χ0v) is 11.1. The van der Waals surface area contributed by atoms with Crippen molar-refractivity contribution in [2.24, 2.45) is 11.1 Å².